The molecule has 0 aliphatic heterocycles. The van der Waals surface area contributed by atoms with Gasteiger partial charge in [0.05, 0.1) is 5.69 Å². The fourth-order valence-corrected chi connectivity index (χ4v) is 1.14. The van der Waals surface area contributed by atoms with Gasteiger partial charge in [-0.15, -0.1) is 0 Å². The smallest absolute Gasteiger partial charge is 0.349 e. The molecule has 1 aromatic rings. The first-order valence-electron chi connectivity index (χ1n) is 3.33. The molecule has 1 rings (SSSR count). The largest absolute Gasteiger partial charge is 0.369 e. The Morgan fingerprint density at radius 3 is 2.15 bits per heavy atom. The van der Waals surface area contributed by atoms with Gasteiger partial charge < -0.3 is 4.57 Å². The zero-order chi connectivity index (χ0) is 10.3. The van der Waals surface area contributed by atoms with E-state index in [1.54, 1.807) is 15.9 Å². The lowest BCUT2D eigenvalue weighted by Gasteiger charge is -2.21. The summed E-state index contributed by atoms with van der Waals surface area (Å²) >= 11 is 1.66. The van der Waals surface area contributed by atoms with Gasteiger partial charge in [0.2, 0.25) is 0 Å². The quantitative estimate of drug-likeness (QED) is 0.568. The van der Waals surface area contributed by atoms with Crippen molar-refractivity contribution in [1.82, 2.24) is 4.57 Å². The van der Waals surface area contributed by atoms with E-state index in [4.69, 9.17) is 0 Å². The summed E-state index contributed by atoms with van der Waals surface area (Å²) in [7, 11) is 1.28. The van der Waals surface area contributed by atoms with Gasteiger partial charge in [-0.25, -0.2) is 0 Å². The Morgan fingerprint density at radius 2 is 1.85 bits per heavy atom. The summed E-state index contributed by atoms with van der Waals surface area (Å²) in [5.74, 6) is -4.20. The second-order valence-electron chi connectivity index (χ2n) is 2.58. The first-order valence-corrected chi connectivity index (χ1v) is 4.12. The number of alkyl halides is 5. The Labute approximate surface area is 80.5 Å². The maximum atomic E-state index is 12.9. The molecule has 0 unspecified atom stereocenters. The van der Waals surface area contributed by atoms with Crippen molar-refractivity contribution in [3.8, 4) is 0 Å². The van der Waals surface area contributed by atoms with Crippen LogP contribution in [0.15, 0.2) is 18.3 Å². The summed E-state index contributed by atoms with van der Waals surface area (Å²) in [6.07, 6.45) is 1.28. The van der Waals surface area contributed by atoms with Crippen LogP contribution in [-0.2, 0) is 13.0 Å². The fraction of sp³-hybridized carbons (Fsp3) is 0.429. The predicted molar refractivity (Wildman–Crippen MR) is 43.2 cm³/mol. The van der Waals surface area contributed by atoms with Crippen LogP contribution in [0.2, 0.25) is 0 Å². The number of hydrogen-bond donors (Lipinski definition) is 0. The average molecular weight is 260 g/mol. The molecule has 0 atom stereocenters. The first kappa shape index (κ1) is 10.6. The molecule has 0 aliphatic carbocycles. The van der Waals surface area contributed by atoms with Crippen LogP contribution >= 0.6 is 15.9 Å². The number of hydrogen-bond acceptors (Lipinski definition) is 0. The minimum Gasteiger partial charge on any atom is -0.349 e. The van der Waals surface area contributed by atoms with Crippen molar-refractivity contribution in [2.24, 2.45) is 7.05 Å². The zero-order valence-electron chi connectivity index (χ0n) is 6.57. The van der Waals surface area contributed by atoms with Crippen molar-refractivity contribution in [1.29, 1.82) is 0 Å². The zero-order valence-corrected chi connectivity index (χ0v) is 8.16. The molecule has 0 amide bonds. The van der Waals surface area contributed by atoms with Gasteiger partial charge >= 0.3 is 10.8 Å². The van der Waals surface area contributed by atoms with Crippen molar-refractivity contribution in [3.63, 3.8) is 0 Å². The van der Waals surface area contributed by atoms with Crippen LogP contribution in [0, 0.1) is 0 Å². The SMILES string of the molecule is Cn1cccc1C(F)(F)C(F)(F)Br. The highest BCUT2D eigenvalue weighted by molar-refractivity contribution is 9.10. The normalized spacial score (nSPS) is 13.4. The molecule has 0 aromatic carbocycles. The highest BCUT2D eigenvalue weighted by Gasteiger charge is 2.56. The molecule has 0 saturated heterocycles. The van der Waals surface area contributed by atoms with E-state index in [9.17, 15) is 17.6 Å². The van der Waals surface area contributed by atoms with Gasteiger partial charge in [-0.05, 0) is 28.1 Å². The molecule has 0 bridgehead atoms. The van der Waals surface area contributed by atoms with E-state index in [1.165, 1.54) is 19.3 Å². The third-order valence-electron chi connectivity index (χ3n) is 1.62. The first-order chi connectivity index (χ1) is 5.77. The Bertz CT molecular complexity index is 302. The third-order valence-corrected chi connectivity index (χ3v) is 2.12. The summed E-state index contributed by atoms with van der Waals surface area (Å²) in [5, 5.41) is 0. The van der Waals surface area contributed by atoms with Crippen LogP contribution in [0.1, 0.15) is 5.69 Å². The summed E-state index contributed by atoms with van der Waals surface area (Å²) in [6.45, 7) is 0. The standard InChI is InChI=1S/C7H6BrF4N/c1-13-4-2-3-5(13)6(9,10)7(8,11)12/h2-4H,1H3. The van der Waals surface area contributed by atoms with Crippen molar-refractivity contribution < 1.29 is 17.6 Å². The molecular formula is C7H6BrF4N. The lowest BCUT2D eigenvalue weighted by atomic mass is 10.2. The van der Waals surface area contributed by atoms with Crippen LogP contribution < -0.4 is 0 Å². The van der Waals surface area contributed by atoms with Gasteiger partial charge in [-0.1, -0.05) is 0 Å². The van der Waals surface area contributed by atoms with Crippen molar-refractivity contribution >= 4 is 15.9 Å². The molecule has 0 N–H and O–H groups in total. The Hall–Kier alpha value is -0.520. The van der Waals surface area contributed by atoms with Crippen LogP contribution in [0.3, 0.4) is 0 Å². The molecule has 1 aromatic heterocycles. The van der Waals surface area contributed by atoms with Gasteiger partial charge in [0.1, 0.15) is 0 Å². The monoisotopic (exact) mass is 259 g/mol. The van der Waals surface area contributed by atoms with E-state index in [0.717, 1.165) is 10.6 Å². The summed E-state index contributed by atoms with van der Waals surface area (Å²) < 4.78 is 51.6. The molecule has 0 aliphatic rings. The minimum atomic E-state index is -4.23. The molecular weight excluding hydrogens is 254 g/mol. The van der Waals surface area contributed by atoms with E-state index in [2.05, 4.69) is 0 Å². The van der Waals surface area contributed by atoms with Crippen molar-refractivity contribution in [2.45, 2.75) is 10.8 Å². The Kier molecular flexibility index (Phi) is 2.44. The Morgan fingerprint density at radius 1 is 1.31 bits per heavy atom. The number of nitrogens with zero attached hydrogens (tertiary/aromatic N) is 1. The Balaban J connectivity index is 3.15. The summed E-state index contributed by atoms with van der Waals surface area (Å²) in [4.78, 5) is -4.23. The number of rotatable bonds is 2. The lowest BCUT2D eigenvalue weighted by Crippen LogP contribution is -2.33. The van der Waals surface area contributed by atoms with Crippen molar-refractivity contribution in [2.75, 3.05) is 0 Å². The van der Waals surface area contributed by atoms with Gasteiger partial charge in [-0.3, -0.25) is 0 Å². The number of aryl methyl sites for hydroxylation is 1. The number of halogens is 5. The van der Waals surface area contributed by atoms with Crippen LogP contribution in [0.4, 0.5) is 17.6 Å². The fourth-order valence-electron chi connectivity index (χ4n) is 0.933. The van der Waals surface area contributed by atoms with Gasteiger partial charge in [-0.2, -0.15) is 17.6 Å². The van der Waals surface area contributed by atoms with Gasteiger partial charge in [0.15, 0.2) is 0 Å². The highest BCUT2D eigenvalue weighted by Crippen LogP contribution is 2.46. The molecule has 74 valence electrons. The van der Waals surface area contributed by atoms with Crippen LogP contribution in [0.5, 0.6) is 0 Å². The molecule has 6 heteroatoms. The highest BCUT2D eigenvalue weighted by atomic mass is 79.9. The van der Waals surface area contributed by atoms with Crippen molar-refractivity contribution in [3.05, 3.63) is 24.0 Å². The number of aromatic nitrogens is 1. The second kappa shape index (κ2) is 3.01. The van der Waals surface area contributed by atoms with Gasteiger partial charge in [0, 0.05) is 13.2 Å². The van der Waals surface area contributed by atoms with E-state index in [1.807, 2.05) is 0 Å². The molecule has 0 spiro atoms. The second-order valence-corrected chi connectivity index (χ2v) is 3.57. The summed E-state index contributed by atoms with van der Waals surface area (Å²) in [6, 6.07) is 2.23. The minimum absolute atomic E-state index is 0.727. The molecule has 13 heavy (non-hydrogen) atoms. The van der Waals surface area contributed by atoms with Crippen LogP contribution in [0.25, 0.3) is 0 Å². The van der Waals surface area contributed by atoms with E-state index >= 15 is 0 Å². The lowest BCUT2D eigenvalue weighted by molar-refractivity contribution is -0.158. The summed E-state index contributed by atoms with van der Waals surface area (Å²) in [5.41, 5.74) is -0.727. The predicted octanol–water partition coefficient (Wildman–Crippen LogP) is 3.10. The average Bonchev–Trinajstić information content (AvgIpc) is 2.32. The van der Waals surface area contributed by atoms with Gasteiger partial charge in [0.25, 0.3) is 0 Å². The maximum Gasteiger partial charge on any atom is 0.369 e. The molecule has 1 nitrogen and oxygen atoms in total. The maximum absolute atomic E-state index is 12.9. The van der Waals surface area contributed by atoms with E-state index < -0.39 is 16.4 Å². The third kappa shape index (κ3) is 1.72. The molecule has 1 heterocycles. The van der Waals surface area contributed by atoms with E-state index in [0.29, 0.717) is 0 Å². The van der Waals surface area contributed by atoms with E-state index in [-0.39, 0.29) is 0 Å². The molecule has 0 fully saturated rings. The van der Waals surface area contributed by atoms with Crippen LogP contribution in [-0.4, -0.2) is 9.40 Å². The molecule has 0 saturated carbocycles. The molecule has 0 radical (unpaired) electrons. The topological polar surface area (TPSA) is 4.93 Å².